The molecule has 0 spiro atoms. The van der Waals surface area contributed by atoms with Crippen molar-refractivity contribution in [3.63, 3.8) is 0 Å². The lowest BCUT2D eigenvalue weighted by Gasteiger charge is -2.38. The molecule has 4 heteroatoms. The molecule has 20 heavy (non-hydrogen) atoms. The quantitative estimate of drug-likeness (QED) is 0.753. The molecule has 0 radical (unpaired) electrons. The van der Waals surface area contributed by atoms with Gasteiger partial charge in [-0.2, -0.15) is 0 Å². The average Bonchev–Trinajstić information content (AvgIpc) is 3.22. The molecule has 2 aliphatic rings. The van der Waals surface area contributed by atoms with Crippen LogP contribution in [-0.4, -0.2) is 47.2 Å². The first kappa shape index (κ1) is 15.8. The van der Waals surface area contributed by atoms with Crippen molar-refractivity contribution in [1.29, 1.82) is 0 Å². The van der Waals surface area contributed by atoms with Crippen LogP contribution in [0.15, 0.2) is 0 Å². The lowest BCUT2D eigenvalue weighted by Crippen LogP contribution is -2.58. The Bertz CT molecular complexity index is 335. The number of nitrogens with one attached hydrogen (secondary N) is 1. The molecular weight excluding hydrogens is 252 g/mol. The predicted molar refractivity (Wildman–Crippen MR) is 80.9 cm³/mol. The van der Waals surface area contributed by atoms with Gasteiger partial charge in [0, 0.05) is 18.6 Å². The number of likely N-dealkylation sites (N-methyl/N-ethyl adjacent to an activating group) is 1. The molecule has 1 atom stereocenters. The second kappa shape index (κ2) is 6.44. The fourth-order valence-electron chi connectivity index (χ4n) is 3.47. The summed E-state index contributed by atoms with van der Waals surface area (Å²) in [6.45, 7) is 4.71. The van der Waals surface area contributed by atoms with Crippen LogP contribution in [0.2, 0.25) is 0 Å². The summed E-state index contributed by atoms with van der Waals surface area (Å²) >= 11 is 0. The molecule has 2 fully saturated rings. The van der Waals surface area contributed by atoms with E-state index in [2.05, 4.69) is 24.2 Å². The van der Waals surface area contributed by atoms with E-state index < -0.39 is 11.5 Å². The number of carboxylic acid groups (broad SMARTS) is 1. The van der Waals surface area contributed by atoms with Gasteiger partial charge in [0.1, 0.15) is 5.54 Å². The topological polar surface area (TPSA) is 52.6 Å². The molecule has 2 saturated carbocycles. The van der Waals surface area contributed by atoms with Crippen LogP contribution in [0.25, 0.3) is 0 Å². The van der Waals surface area contributed by atoms with Crippen LogP contribution in [-0.2, 0) is 4.79 Å². The van der Waals surface area contributed by atoms with E-state index in [1.165, 1.54) is 32.1 Å². The van der Waals surface area contributed by atoms with E-state index in [1.54, 1.807) is 0 Å². The zero-order valence-electron chi connectivity index (χ0n) is 13.2. The molecular formula is C16H30N2O2. The fourth-order valence-corrected chi connectivity index (χ4v) is 3.47. The average molecular weight is 282 g/mol. The van der Waals surface area contributed by atoms with Crippen LogP contribution in [0.5, 0.6) is 0 Å². The lowest BCUT2D eigenvalue weighted by molar-refractivity contribution is -0.145. The third-order valence-electron chi connectivity index (χ3n) is 5.15. The number of rotatable bonds is 7. The van der Waals surface area contributed by atoms with Gasteiger partial charge in [-0.05, 0) is 58.4 Å². The minimum atomic E-state index is -0.808. The maximum absolute atomic E-state index is 11.6. The molecule has 0 aromatic heterocycles. The standard InChI is InChI=1S/C16H30N2O2/c1-4-12-5-9-14(10-6-12)18(3)11-16(2,15(19)20)17-13-7-8-13/h12-14,17H,4-11H2,1-3H3,(H,19,20). The Labute approximate surface area is 122 Å². The van der Waals surface area contributed by atoms with Gasteiger partial charge in [0.15, 0.2) is 0 Å². The summed E-state index contributed by atoms with van der Waals surface area (Å²) in [5, 5.41) is 12.9. The Hall–Kier alpha value is -0.610. The van der Waals surface area contributed by atoms with Gasteiger partial charge < -0.3 is 10.0 Å². The molecule has 0 bridgehead atoms. The molecule has 4 nitrogen and oxygen atoms in total. The fraction of sp³-hybridized carbons (Fsp3) is 0.938. The van der Waals surface area contributed by atoms with Gasteiger partial charge in [0.2, 0.25) is 0 Å². The van der Waals surface area contributed by atoms with E-state index in [9.17, 15) is 9.90 Å². The van der Waals surface area contributed by atoms with Crippen molar-refractivity contribution >= 4 is 5.97 Å². The van der Waals surface area contributed by atoms with E-state index in [1.807, 2.05) is 6.92 Å². The van der Waals surface area contributed by atoms with Gasteiger partial charge in [-0.25, -0.2) is 0 Å². The summed E-state index contributed by atoms with van der Waals surface area (Å²) in [5.41, 5.74) is -0.808. The number of aliphatic carboxylic acids is 1. The monoisotopic (exact) mass is 282 g/mol. The summed E-state index contributed by atoms with van der Waals surface area (Å²) in [6, 6.07) is 0.970. The van der Waals surface area contributed by atoms with Crippen LogP contribution in [0.1, 0.15) is 58.8 Å². The third kappa shape index (κ3) is 3.95. The largest absolute Gasteiger partial charge is 0.480 e. The van der Waals surface area contributed by atoms with Gasteiger partial charge in [-0.1, -0.05) is 13.3 Å². The Balaban J connectivity index is 1.87. The highest BCUT2D eigenvalue weighted by atomic mass is 16.4. The number of hydrogen-bond acceptors (Lipinski definition) is 3. The summed E-state index contributed by atoms with van der Waals surface area (Å²) in [7, 11) is 2.09. The van der Waals surface area contributed by atoms with Crippen molar-refractivity contribution in [2.24, 2.45) is 5.92 Å². The van der Waals surface area contributed by atoms with Crippen LogP contribution >= 0.6 is 0 Å². The molecule has 2 N–H and O–H groups in total. The predicted octanol–water partition coefficient (Wildman–Crippen LogP) is 2.48. The molecule has 0 saturated heterocycles. The van der Waals surface area contributed by atoms with Crippen molar-refractivity contribution in [2.75, 3.05) is 13.6 Å². The number of hydrogen-bond donors (Lipinski definition) is 2. The van der Waals surface area contributed by atoms with Crippen LogP contribution in [0, 0.1) is 5.92 Å². The first-order chi connectivity index (χ1) is 9.44. The van der Waals surface area contributed by atoms with Crippen molar-refractivity contribution in [2.45, 2.75) is 76.4 Å². The maximum atomic E-state index is 11.6. The van der Waals surface area contributed by atoms with Gasteiger partial charge in [-0.15, -0.1) is 0 Å². The lowest BCUT2D eigenvalue weighted by atomic mass is 9.83. The molecule has 0 amide bonds. The van der Waals surface area contributed by atoms with E-state index in [0.29, 0.717) is 18.6 Å². The zero-order valence-corrected chi connectivity index (χ0v) is 13.2. The molecule has 2 aliphatic carbocycles. The van der Waals surface area contributed by atoms with Gasteiger partial charge in [0.05, 0.1) is 0 Å². The molecule has 116 valence electrons. The molecule has 0 heterocycles. The van der Waals surface area contributed by atoms with Crippen molar-refractivity contribution in [3.8, 4) is 0 Å². The van der Waals surface area contributed by atoms with E-state index >= 15 is 0 Å². The van der Waals surface area contributed by atoms with Crippen molar-refractivity contribution < 1.29 is 9.90 Å². The highest BCUT2D eigenvalue weighted by Crippen LogP contribution is 2.30. The normalized spacial score (nSPS) is 30.2. The SMILES string of the molecule is CCC1CCC(N(C)CC(C)(NC2CC2)C(=O)O)CC1. The van der Waals surface area contributed by atoms with Crippen LogP contribution in [0.3, 0.4) is 0 Å². The molecule has 2 rings (SSSR count). The van der Waals surface area contributed by atoms with Gasteiger partial charge in [-0.3, -0.25) is 10.1 Å². The second-order valence-electron chi connectivity index (χ2n) is 7.05. The number of carbonyl (C=O) groups is 1. The highest BCUT2D eigenvalue weighted by molar-refractivity contribution is 5.78. The third-order valence-corrected chi connectivity index (χ3v) is 5.15. The number of carboxylic acids is 1. The van der Waals surface area contributed by atoms with Crippen LogP contribution < -0.4 is 5.32 Å². The Kier molecular flexibility index (Phi) is 5.08. The smallest absolute Gasteiger partial charge is 0.324 e. The Morgan fingerprint density at radius 1 is 1.25 bits per heavy atom. The highest BCUT2D eigenvalue weighted by Gasteiger charge is 2.40. The Morgan fingerprint density at radius 3 is 2.30 bits per heavy atom. The van der Waals surface area contributed by atoms with Crippen LogP contribution in [0.4, 0.5) is 0 Å². The molecule has 0 aliphatic heterocycles. The van der Waals surface area contributed by atoms with Crippen molar-refractivity contribution in [3.05, 3.63) is 0 Å². The van der Waals surface area contributed by atoms with Gasteiger partial charge in [0.25, 0.3) is 0 Å². The number of nitrogens with zero attached hydrogens (tertiary/aromatic N) is 1. The summed E-state index contributed by atoms with van der Waals surface area (Å²) in [4.78, 5) is 13.9. The van der Waals surface area contributed by atoms with E-state index in [4.69, 9.17) is 0 Å². The van der Waals surface area contributed by atoms with Gasteiger partial charge >= 0.3 is 5.97 Å². The summed E-state index contributed by atoms with van der Waals surface area (Å²) in [6.07, 6.45) is 8.55. The van der Waals surface area contributed by atoms with E-state index in [0.717, 1.165) is 18.8 Å². The summed E-state index contributed by atoms with van der Waals surface area (Å²) in [5.74, 6) is 0.161. The molecule has 1 unspecified atom stereocenters. The zero-order chi connectivity index (χ0) is 14.8. The maximum Gasteiger partial charge on any atom is 0.324 e. The molecule has 0 aromatic rings. The second-order valence-corrected chi connectivity index (χ2v) is 7.05. The minimum Gasteiger partial charge on any atom is -0.480 e. The summed E-state index contributed by atoms with van der Waals surface area (Å²) < 4.78 is 0. The molecule has 0 aromatic carbocycles. The Morgan fingerprint density at radius 2 is 1.85 bits per heavy atom. The first-order valence-electron chi connectivity index (χ1n) is 8.16. The first-order valence-corrected chi connectivity index (χ1v) is 8.16. The van der Waals surface area contributed by atoms with Crippen molar-refractivity contribution in [1.82, 2.24) is 10.2 Å². The van der Waals surface area contributed by atoms with E-state index in [-0.39, 0.29) is 0 Å². The minimum absolute atomic E-state index is 0.417.